The molecular weight excluding hydrogens is 366 g/mol. The molecular formula is C28H45NO. The molecule has 0 bridgehead atoms. The van der Waals surface area contributed by atoms with Crippen molar-refractivity contribution in [2.45, 2.75) is 104 Å². The minimum Gasteiger partial charge on any atom is -0.325 e. The zero-order chi connectivity index (χ0) is 21.7. The number of allylic oxidation sites excluding steroid dienone is 1. The van der Waals surface area contributed by atoms with Gasteiger partial charge in [-0.25, -0.2) is 0 Å². The van der Waals surface area contributed by atoms with Crippen molar-refractivity contribution in [2.75, 3.05) is 0 Å². The van der Waals surface area contributed by atoms with Gasteiger partial charge in [0.2, 0.25) is 0 Å². The third kappa shape index (κ3) is 2.55. The highest BCUT2D eigenvalue weighted by molar-refractivity contribution is 5.85. The van der Waals surface area contributed by atoms with Crippen LogP contribution in [0.15, 0.2) is 12.2 Å². The van der Waals surface area contributed by atoms with Crippen LogP contribution in [-0.2, 0) is 4.79 Å². The third-order valence-electron chi connectivity index (χ3n) is 12.0. The number of rotatable bonds is 1. The van der Waals surface area contributed by atoms with E-state index in [1.54, 1.807) is 0 Å². The maximum atomic E-state index is 12.8. The van der Waals surface area contributed by atoms with E-state index in [9.17, 15) is 4.79 Å². The van der Waals surface area contributed by atoms with E-state index in [4.69, 9.17) is 5.73 Å². The highest BCUT2D eigenvalue weighted by Gasteiger charge is 2.66. The van der Waals surface area contributed by atoms with Crippen LogP contribution in [0.5, 0.6) is 0 Å². The number of carbonyl (C=O) groups excluding carboxylic acids is 1. The fraction of sp³-hybridized carbons (Fsp3) is 0.893. The molecule has 5 rings (SSSR count). The first-order valence-corrected chi connectivity index (χ1v) is 12.9. The summed E-state index contributed by atoms with van der Waals surface area (Å²) in [5, 5.41) is 0. The molecule has 0 radical (unpaired) electrons. The van der Waals surface area contributed by atoms with Crippen LogP contribution in [0.1, 0.15) is 98.8 Å². The molecule has 2 nitrogen and oxygen atoms in total. The second-order valence-corrected chi connectivity index (χ2v) is 13.4. The van der Waals surface area contributed by atoms with Gasteiger partial charge in [0.05, 0.1) is 0 Å². The Morgan fingerprint density at radius 1 is 0.900 bits per heavy atom. The molecule has 2 heteroatoms. The Labute approximate surface area is 184 Å². The third-order valence-corrected chi connectivity index (χ3v) is 12.0. The Bertz CT molecular complexity index is 769. The number of hydrogen-bond acceptors (Lipinski definition) is 2. The van der Waals surface area contributed by atoms with E-state index in [1.807, 2.05) is 0 Å². The second kappa shape index (κ2) is 6.46. The normalized spacial score (nSPS) is 54.5. The smallest absolute Gasteiger partial charge is 0.138 e. The topological polar surface area (TPSA) is 43.1 Å². The Morgan fingerprint density at radius 2 is 1.60 bits per heavy atom. The summed E-state index contributed by atoms with van der Waals surface area (Å²) in [7, 11) is 0. The van der Waals surface area contributed by atoms with Gasteiger partial charge in [0, 0.05) is 17.4 Å². The maximum Gasteiger partial charge on any atom is 0.138 e. The summed E-state index contributed by atoms with van der Waals surface area (Å²) in [6, 6.07) is 0. The lowest BCUT2D eigenvalue weighted by Gasteiger charge is -2.68. The molecule has 8 unspecified atom stereocenters. The molecule has 0 aromatic rings. The van der Waals surface area contributed by atoms with Gasteiger partial charge in [-0.2, -0.15) is 0 Å². The van der Waals surface area contributed by atoms with Crippen molar-refractivity contribution >= 4 is 5.78 Å². The van der Waals surface area contributed by atoms with E-state index in [1.165, 1.54) is 56.9 Å². The van der Waals surface area contributed by atoms with Crippen LogP contribution >= 0.6 is 0 Å². The van der Waals surface area contributed by atoms with Crippen molar-refractivity contribution < 1.29 is 4.79 Å². The molecule has 0 amide bonds. The van der Waals surface area contributed by atoms with E-state index in [0.717, 1.165) is 30.6 Å². The number of nitrogens with two attached hydrogens (primary N) is 1. The maximum absolute atomic E-state index is 12.8. The monoisotopic (exact) mass is 411 g/mol. The predicted molar refractivity (Wildman–Crippen MR) is 124 cm³/mol. The highest BCUT2D eigenvalue weighted by Crippen LogP contribution is 2.72. The van der Waals surface area contributed by atoms with Crippen LogP contribution in [-0.4, -0.2) is 11.3 Å². The Morgan fingerprint density at radius 3 is 2.30 bits per heavy atom. The fourth-order valence-corrected chi connectivity index (χ4v) is 10.7. The molecule has 30 heavy (non-hydrogen) atoms. The van der Waals surface area contributed by atoms with E-state index in [2.05, 4.69) is 41.2 Å². The van der Waals surface area contributed by atoms with Gasteiger partial charge in [-0.15, -0.1) is 0 Å². The van der Waals surface area contributed by atoms with Gasteiger partial charge in [-0.1, -0.05) is 39.8 Å². The number of hydrogen-bond donors (Lipinski definition) is 1. The Balaban J connectivity index is 1.50. The molecule has 0 heterocycles. The van der Waals surface area contributed by atoms with Gasteiger partial charge in [-0.05, 0) is 111 Å². The molecule has 0 spiro atoms. The van der Waals surface area contributed by atoms with E-state index < -0.39 is 0 Å². The van der Waals surface area contributed by atoms with Crippen molar-refractivity contribution in [1.82, 2.24) is 0 Å². The summed E-state index contributed by atoms with van der Waals surface area (Å²) in [6.45, 7) is 16.4. The summed E-state index contributed by atoms with van der Waals surface area (Å²) < 4.78 is 0. The van der Waals surface area contributed by atoms with E-state index in [0.29, 0.717) is 34.4 Å². The van der Waals surface area contributed by atoms with Gasteiger partial charge < -0.3 is 5.73 Å². The molecule has 5 saturated carbocycles. The Hall–Kier alpha value is -0.630. The molecule has 168 valence electrons. The minimum atomic E-state index is -0.138. The summed E-state index contributed by atoms with van der Waals surface area (Å²) in [5.41, 5.74) is 9.17. The summed E-state index contributed by atoms with van der Waals surface area (Å²) in [4.78, 5) is 12.8. The number of Topliss-reactive ketones (excluding diaryl/α,β-unsaturated/α-hetero) is 1. The first kappa shape index (κ1) is 21.2. The number of fused-ring (bicyclic) bond motifs is 7. The largest absolute Gasteiger partial charge is 0.325 e. The average molecular weight is 412 g/mol. The van der Waals surface area contributed by atoms with E-state index in [-0.39, 0.29) is 11.0 Å². The standard InChI is InChI=1S/C28H45NO/c1-17(2)18-9-15-28(29)16-10-20-19(24(18)28)7-8-22-26(20,5)13-11-21-25(3,4)23(30)12-14-27(21,22)6/h18-22,24H,1,7-16,29H2,2-6H3/t18-,19?,20?,21?,22?,24?,26?,27?,28?/m0/s1. The fourth-order valence-electron chi connectivity index (χ4n) is 10.7. The van der Waals surface area contributed by atoms with Crippen LogP contribution in [0.3, 0.4) is 0 Å². The summed E-state index contributed by atoms with van der Waals surface area (Å²) in [6.07, 6.45) is 12.2. The van der Waals surface area contributed by atoms with Gasteiger partial charge in [0.25, 0.3) is 0 Å². The zero-order valence-corrected chi connectivity index (χ0v) is 20.2. The van der Waals surface area contributed by atoms with Gasteiger partial charge >= 0.3 is 0 Å². The quantitative estimate of drug-likeness (QED) is 0.498. The molecule has 0 aromatic heterocycles. The first-order valence-electron chi connectivity index (χ1n) is 12.9. The first-order chi connectivity index (χ1) is 13.9. The minimum absolute atomic E-state index is 0.0638. The number of ketones is 1. The molecule has 9 atom stereocenters. The molecule has 0 saturated heterocycles. The Kier molecular flexibility index (Phi) is 4.57. The average Bonchev–Trinajstić information content (AvgIpc) is 3.03. The number of carbonyl (C=O) groups is 1. The van der Waals surface area contributed by atoms with Crippen molar-refractivity contribution in [3.05, 3.63) is 12.2 Å². The van der Waals surface area contributed by atoms with Crippen LogP contribution < -0.4 is 5.73 Å². The molecule has 5 fully saturated rings. The van der Waals surface area contributed by atoms with Crippen molar-refractivity contribution in [3.63, 3.8) is 0 Å². The van der Waals surface area contributed by atoms with Crippen LogP contribution in [0.25, 0.3) is 0 Å². The van der Waals surface area contributed by atoms with Gasteiger partial charge in [0.15, 0.2) is 0 Å². The summed E-state index contributed by atoms with van der Waals surface area (Å²) >= 11 is 0. The molecule has 2 N–H and O–H groups in total. The zero-order valence-electron chi connectivity index (χ0n) is 20.2. The summed E-state index contributed by atoms with van der Waals surface area (Å²) in [5.74, 6) is 4.75. The lowest BCUT2D eigenvalue weighted by Crippen LogP contribution is -2.64. The highest BCUT2D eigenvalue weighted by atomic mass is 16.1. The van der Waals surface area contributed by atoms with Crippen molar-refractivity contribution in [3.8, 4) is 0 Å². The second-order valence-electron chi connectivity index (χ2n) is 13.4. The lowest BCUT2D eigenvalue weighted by atomic mass is 9.36. The molecule has 5 aliphatic rings. The van der Waals surface area contributed by atoms with Crippen LogP contribution in [0.4, 0.5) is 0 Å². The predicted octanol–water partition coefficient (Wildman–Crippen LogP) is 6.53. The van der Waals surface area contributed by atoms with Gasteiger partial charge in [-0.3, -0.25) is 4.79 Å². The van der Waals surface area contributed by atoms with Crippen LogP contribution in [0.2, 0.25) is 0 Å². The van der Waals surface area contributed by atoms with Crippen molar-refractivity contribution in [2.24, 2.45) is 57.5 Å². The van der Waals surface area contributed by atoms with Crippen LogP contribution in [0, 0.1) is 51.8 Å². The molecule has 5 aliphatic carbocycles. The SMILES string of the molecule is C=C(C)[C@@H]1CCC2(N)CCC3C(CCC4C3(C)CCC3C(C)(C)C(=O)CCC34C)C12. The van der Waals surface area contributed by atoms with E-state index >= 15 is 0 Å². The van der Waals surface area contributed by atoms with Crippen molar-refractivity contribution in [1.29, 1.82) is 0 Å². The van der Waals surface area contributed by atoms with Gasteiger partial charge in [0.1, 0.15) is 5.78 Å². The molecule has 0 aliphatic heterocycles. The lowest BCUT2D eigenvalue weighted by molar-refractivity contribution is -0.193. The molecule has 0 aromatic carbocycles.